The van der Waals surface area contributed by atoms with Crippen LogP contribution in [0.25, 0.3) is 0 Å². The Labute approximate surface area is 67.3 Å². The fourth-order valence-corrected chi connectivity index (χ4v) is 0.935. The second kappa shape index (κ2) is 3.01. The molecule has 0 aromatic carbocycles. The summed E-state index contributed by atoms with van der Waals surface area (Å²) in [5.41, 5.74) is 0. The van der Waals surface area contributed by atoms with Gasteiger partial charge in [-0.15, -0.1) is 0 Å². The van der Waals surface area contributed by atoms with E-state index in [2.05, 4.69) is 15.9 Å². The molecule has 0 amide bonds. The summed E-state index contributed by atoms with van der Waals surface area (Å²) in [4.78, 5) is 10.9. The van der Waals surface area contributed by atoms with E-state index in [4.69, 9.17) is 4.42 Å². The van der Waals surface area contributed by atoms with Crippen molar-refractivity contribution < 1.29 is 9.21 Å². The van der Waals surface area contributed by atoms with E-state index >= 15 is 0 Å². The molecule has 0 saturated carbocycles. The Morgan fingerprint density at radius 3 is 2.90 bits per heavy atom. The van der Waals surface area contributed by atoms with Crippen LogP contribution in [0.3, 0.4) is 0 Å². The lowest BCUT2D eigenvalue weighted by Gasteiger charge is -1.86. The van der Waals surface area contributed by atoms with Crippen LogP contribution in [0.2, 0.25) is 0 Å². The highest BCUT2D eigenvalue weighted by Gasteiger charge is 2.06. The Morgan fingerprint density at radius 1 is 1.80 bits per heavy atom. The van der Waals surface area contributed by atoms with Gasteiger partial charge in [0.05, 0.1) is 4.47 Å². The number of carbonyl (C=O) groups is 1. The van der Waals surface area contributed by atoms with Crippen LogP contribution in [0.15, 0.2) is 21.2 Å². The van der Waals surface area contributed by atoms with Crippen molar-refractivity contribution in [1.29, 1.82) is 0 Å². The zero-order chi connectivity index (χ0) is 7.56. The molecule has 0 aliphatic heterocycles. The number of halogens is 1. The number of Topliss-reactive ketones (excluding diaryl/α,β-unsaturated/α-hetero) is 1. The first-order valence-corrected chi connectivity index (χ1v) is 3.80. The molecule has 2 nitrogen and oxygen atoms in total. The third-order valence-corrected chi connectivity index (χ3v) is 1.58. The number of hydrogen-bond donors (Lipinski definition) is 0. The van der Waals surface area contributed by atoms with Crippen molar-refractivity contribution in [3.8, 4) is 0 Å². The Bertz CT molecular complexity index is 240. The zero-order valence-electron chi connectivity index (χ0n) is 5.56. The monoisotopic (exact) mass is 202 g/mol. The van der Waals surface area contributed by atoms with Crippen molar-refractivity contribution >= 4 is 21.7 Å². The smallest absolute Gasteiger partial charge is 0.197 e. The first kappa shape index (κ1) is 7.54. The molecule has 0 radical (unpaired) electrons. The molecule has 0 fully saturated rings. The van der Waals surface area contributed by atoms with Gasteiger partial charge in [0.15, 0.2) is 11.5 Å². The zero-order valence-corrected chi connectivity index (χ0v) is 7.14. The summed E-state index contributed by atoms with van der Waals surface area (Å²) in [6, 6.07) is 1.67. The first-order valence-electron chi connectivity index (χ1n) is 3.01. The van der Waals surface area contributed by atoms with E-state index in [9.17, 15) is 4.79 Å². The van der Waals surface area contributed by atoms with E-state index in [0.717, 1.165) is 4.47 Å². The number of furan rings is 1. The fourth-order valence-electron chi connectivity index (χ4n) is 0.634. The second-order valence-electron chi connectivity index (χ2n) is 1.91. The van der Waals surface area contributed by atoms with Gasteiger partial charge in [0.25, 0.3) is 0 Å². The van der Waals surface area contributed by atoms with Crippen molar-refractivity contribution in [2.24, 2.45) is 0 Å². The van der Waals surface area contributed by atoms with Gasteiger partial charge in [-0.2, -0.15) is 0 Å². The summed E-state index contributed by atoms with van der Waals surface area (Å²) in [6.45, 7) is 1.80. The largest absolute Gasteiger partial charge is 0.460 e. The van der Waals surface area contributed by atoms with Gasteiger partial charge in [0.1, 0.15) is 6.26 Å². The molecule has 1 aromatic heterocycles. The standard InChI is InChI=1S/C7H7BrO2/c1-2-6(9)7-3-5(8)4-10-7/h3-4H,2H2,1H3. The summed E-state index contributed by atoms with van der Waals surface area (Å²) < 4.78 is 5.73. The van der Waals surface area contributed by atoms with Crippen molar-refractivity contribution in [3.05, 3.63) is 22.6 Å². The molecule has 1 heterocycles. The average molecular weight is 203 g/mol. The molecule has 0 spiro atoms. The number of ketones is 1. The molecule has 0 aliphatic rings. The van der Waals surface area contributed by atoms with Crippen molar-refractivity contribution in [1.82, 2.24) is 0 Å². The van der Waals surface area contributed by atoms with Gasteiger partial charge in [-0.3, -0.25) is 4.79 Å². The SMILES string of the molecule is CCC(=O)c1cc(Br)co1. The van der Waals surface area contributed by atoms with Crippen molar-refractivity contribution in [2.45, 2.75) is 13.3 Å². The molecule has 0 N–H and O–H groups in total. The highest BCUT2D eigenvalue weighted by Crippen LogP contribution is 2.14. The van der Waals surface area contributed by atoms with Crippen molar-refractivity contribution in [2.75, 3.05) is 0 Å². The minimum absolute atomic E-state index is 0.0331. The minimum atomic E-state index is 0.0331. The number of rotatable bonds is 2. The molecule has 0 aliphatic carbocycles. The Hall–Kier alpha value is -0.570. The lowest BCUT2D eigenvalue weighted by atomic mass is 10.2. The quantitative estimate of drug-likeness (QED) is 0.691. The molecule has 3 heteroatoms. The van der Waals surface area contributed by atoms with E-state index in [0.29, 0.717) is 12.2 Å². The molecule has 0 bridgehead atoms. The van der Waals surface area contributed by atoms with Crippen LogP contribution < -0.4 is 0 Å². The first-order chi connectivity index (χ1) is 4.74. The van der Waals surface area contributed by atoms with Gasteiger partial charge >= 0.3 is 0 Å². The lowest BCUT2D eigenvalue weighted by Crippen LogP contribution is -1.92. The normalized spacial score (nSPS) is 9.80. The number of hydrogen-bond acceptors (Lipinski definition) is 2. The van der Waals surface area contributed by atoms with Gasteiger partial charge in [0.2, 0.25) is 0 Å². The van der Waals surface area contributed by atoms with Crippen LogP contribution in [0.5, 0.6) is 0 Å². The van der Waals surface area contributed by atoms with Crippen LogP contribution in [0.4, 0.5) is 0 Å². The maximum Gasteiger partial charge on any atom is 0.197 e. The van der Waals surface area contributed by atoms with E-state index in [1.54, 1.807) is 13.0 Å². The average Bonchev–Trinajstić information content (AvgIpc) is 2.34. The molecular weight excluding hydrogens is 196 g/mol. The number of carbonyl (C=O) groups excluding carboxylic acids is 1. The summed E-state index contributed by atoms with van der Waals surface area (Å²) in [5, 5.41) is 0. The van der Waals surface area contributed by atoms with Gasteiger partial charge in [0, 0.05) is 12.5 Å². The predicted molar refractivity (Wildman–Crippen MR) is 41.0 cm³/mol. The molecule has 1 rings (SSSR count). The third kappa shape index (κ3) is 1.48. The molecule has 0 saturated heterocycles. The van der Waals surface area contributed by atoms with Gasteiger partial charge in [-0.25, -0.2) is 0 Å². The summed E-state index contributed by atoms with van der Waals surface area (Å²) in [5.74, 6) is 0.458. The van der Waals surface area contributed by atoms with Gasteiger partial charge in [-0.05, 0) is 15.9 Å². The summed E-state index contributed by atoms with van der Waals surface area (Å²) in [7, 11) is 0. The topological polar surface area (TPSA) is 30.2 Å². The molecule has 0 unspecified atom stereocenters. The van der Waals surface area contributed by atoms with E-state index in [-0.39, 0.29) is 5.78 Å². The lowest BCUT2D eigenvalue weighted by molar-refractivity contribution is 0.0961. The molecule has 54 valence electrons. The van der Waals surface area contributed by atoms with E-state index in [1.807, 2.05) is 0 Å². The second-order valence-corrected chi connectivity index (χ2v) is 2.82. The van der Waals surface area contributed by atoms with Crippen LogP contribution in [0.1, 0.15) is 23.9 Å². The van der Waals surface area contributed by atoms with Crippen LogP contribution in [-0.2, 0) is 0 Å². The predicted octanol–water partition coefficient (Wildman–Crippen LogP) is 2.63. The van der Waals surface area contributed by atoms with Crippen LogP contribution in [-0.4, -0.2) is 5.78 Å². The maximum absolute atomic E-state index is 10.9. The van der Waals surface area contributed by atoms with Crippen molar-refractivity contribution in [3.63, 3.8) is 0 Å². The van der Waals surface area contributed by atoms with E-state index in [1.165, 1.54) is 6.26 Å². The van der Waals surface area contributed by atoms with Crippen LogP contribution in [0, 0.1) is 0 Å². The molecular formula is C7H7BrO2. The Balaban J connectivity index is 2.85. The summed E-state index contributed by atoms with van der Waals surface area (Å²) in [6.07, 6.45) is 1.99. The summed E-state index contributed by atoms with van der Waals surface area (Å²) >= 11 is 3.18. The third-order valence-electron chi connectivity index (χ3n) is 1.16. The van der Waals surface area contributed by atoms with Crippen LogP contribution >= 0.6 is 15.9 Å². The molecule has 0 atom stereocenters. The highest BCUT2D eigenvalue weighted by molar-refractivity contribution is 9.10. The maximum atomic E-state index is 10.9. The fraction of sp³-hybridized carbons (Fsp3) is 0.286. The molecule has 1 aromatic rings. The Morgan fingerprint density at radius 2 is 2.50 bits per heavy atom. The minimum Gasteiger partial charge on any atom is -0.460 e. The van der Waals surface area contributed by atoms with Gasteiger partial charge < -0.3 is 4.42 Å². The Kier molecular flexibility index (Phi) is 2.27. The van der Waals surface area contributed by atoms with Gasteiger partial charge in [-0.1, -0.05) is 6.92 Å². The molecule has 10 heavy (non-hydrogen) atoms. The highest BCUT2D eigenvalue weighted by atomic mass is 79.9. The van der Waals surface area contributed by atoms with E-state index < -0.39 is 0 Å².